The molecule has 0 bridgehead atoms. The maximum atomic E-state index is 10.5. The zero-order valence-corrected chi connectivity index (χ0v) is 6.82. The van der Waals surface area contributed by atoms with E-state index in [9.17, 15) is 10.1 Å². The SMILES string of the molecule is O=[N+]([O-])C1=CCC2CCNC2C1. The molecule has 1 N–H and O–H groups in total. The fourth-order valence-electron chi connectivity index (χ4n) is 2.09. The van der Waals surface area contributed by atoms with Crippen LogP contribution in [0, 0.1) is 16.0 Å². The molecule has 2 unspecified atom stereocenters. The van der Waals surface area contributed by atoms with Gasteiger partial charge in [0.05, 0.1) is 11.3 Å². The normalized spacial score (nSPS) is 34.2. The van der Waals surface area contributed by atoms with Crippen LogP contribution >= 0.6 is 0 Å². The Balaban J connectivity index is 2.09. The van der Waals surface area contributed by atoms with Crippen LogP contribution in [0.5, 0.6) is 0 Å². The Kier molecular flexibility index (Phi) is 1.84. The molecule has 1 heterocycles. The fourth-order valence-corrected chi connectivity index (χ4v) is 2.09. The Bertz CT molecular complexity index is 237. The van der Waals surface area contributed by atoms with Crippen molar-refractivity contribution in [2.45, 2.75) is 25.3 Å². The average molecular weight is 168 g/mol. The topological polar surface area (TPSA) is 55.2 Å². The van der Waals surface area contributed by atoms with Crippen LogP contribution < -0.4 is 5.32 Å². The molecule has 1 aliphatic heterocycles. The van der Waals surface area contributed by atoms with Gasteiger partial charge in [-0.3, -0.25) is 10.1 Å². The fraction of sp³-hybridized carbons (Fsp3) is 0.750. The van der Waals surface area contributed by atoms with E-state index in [4.69, 9.17) is 0 Å². The van der Waals surface area contributed by atoms with E-state index in [0.29, 0.717) is 24.1 Å². The lowest BCUT2D eigenvalue weighted by Gasteiger charge is -2.20. The maximum absolute atomic E-state index is 10.5. The Morgan fingerprint density at radius 1 is 1.67 bits per heavy atom. The minimum atomic E-state index is -0.254. The molecule has 4 nitrogen and oxygen atoms in total. The molecule has 0 amide bonds. The van der Waals surface area contributed by atoms with Gasteiger partial charge in [0.1, 0.15) is 0 Å². The lowest BCUT2D eigenvalue weighted by molar-refractivity contribution is -0.429. The summed E-state index contributed by atoms with van der Waals surface area (Å²) in [6, 6.07) is 0.371. The molecule has 0 aromatic carbocycles. The minimum absolute atomic E-state index is 0.254. The van der Waals surface area contributed by atoms with Crippen molar-refractivity contribution in [2.75, 3.05) is 6.54 Å². The Labute approximate surface area is 70.8 Å². The molecular formula is C8H12N2O2. The number of nitrogens with one attached hydrogen (secondary N) is 1. The van der Waals surface area contributed by atoms with Crippen molar-refractivity contribution in [1.29, 1.82) is 0 Å². The number of nitrogens with zero attached hydrogens (tertiary/aromatic N) is 1. The summed E-state index contributed by atoms with van der Waals surface area (Å²) in [6.07, 6.45) is 4.45. The van der Waals surface area contributed by atoms with Crippen LogP contribution in [0.1, 0.15) is 19.3 Å². The van der Waals surface area contributed by atoms with E-state index in [2.05, 4.69) is 5.32 Å². The number of hydrogen-bond acceptors (Lipinski definition) is 3. The molecular weight excluding hydrogens is 156 g/mol. The third-order valence-corrected chi connectivity index (χ3v) is 2.81. The van der Waals surface area contributed by atoms with Gasteiger partial charge in [-0.15, -0.1) is 0 Å². The molecule has 0 radical (unpaired) electrons. The highest BCUT2D eigenvalue weighted by Gasteiger charge is 2.33. The van der Waals surface area contributed by atoms with Crippen LogP contribution in [0.3, 0.4) is 0 Å². The lowest BCUT2D eigenvalue weighted by Crippen LogP contribution is -2.30. The zero-order valence-electron chi connectivity index (χ0n) is 6.82. The highest BCUT2D eigenvalue weighted by atomic mass is 16.6. The highest BCUT2D eigenvalue weighted by molar-refractivity contribution is 5.05. The van der Waals surface area contributed by atoms with Crippen molar-refractivity contribution < 1.29 is 4.92 Å². The summed E-state index contributed by atoms with van der Waals surface area (Å²) < 4.78 is 0. The van der Waals surface area contributed by atoms with Crippen molar-refractivity contribution >= 4 is 0 Å². The molecule has 2 atom stereocenters. The third-order valence-electron chi connectivity index (χ3n) is 2.81. The second-order valence-corrected chi connectivity index (χ2v) is 3.50. The molecule has 1 fully saturated rings. The van der Waals surface area contributed by atoms with Crippen LogP contribution in [0.15, 0.2) is 11.8 Å². The van der Waals surface area contributed by atoms with E-state index in [0.717, 1.165) is 13.0 Å². The summed E-state index contributed by atoms with van der Waals surface area (Å²) in [5.41, 5.74) is 0.394. The molecule has 12 heavy (non-hydrogen) atoms. The van der Waals surface area contributed by atoms with Gasteiger partial charge in [0.25, 0.3) is 0 Å². The van der Waals surface area contributed by atoms with E-state index in [1.165, 1.54) is 6.42 Å². The Morgan fingerprint density at radius 2 is 2.50 bits per heavy atom. The predicted molar refractivity (Wildman–Crippen MR) is 44.2 cm³/mol. The number of rotatable bonds is 1. The summed E-state index contributed by atoms with van der Waals surface area (Å²) in [5.74, 6) is 0.647. The summed E-state index contributed by atoms with van der Waals surface area (Å²) in [4.78, 5) is 10.2. The van der Waals surface area contributed by atoms with Crippen LogP contribution in [0.4, 0.5) is 0 Å². The van der Waals surface area contributed by atoms with E-state index in [-0.39, 0.29) is 4.92 Å². The molecule has 4 heteroatoms. The van der Waals surface area contributed by atoms with E-state index < -0.39 is 0 Å². The van der Waals surface area contributed by atoms with Gasteiger partial charge in [-0.05, 0) is 31.4 Å². The van der Waals surface area contributed by atoms with E-state index in [1.807, 2.05) is 0 Å². The summed E-state index contributed by atoms with van der Waals surface area (Å²) in [5, 5.41) is 13.8. The first kappa shape index (κ1) is 7.73. The minimum Gasteiger partial charge on any atom is -0.313 e. The molecule has 66 valence electrons. The quantitative estimate of drug-likeness (QED) is 0.468. The van der Waals surface area contributed by atoms with Gasteiger partial charge in [0.2, 0.25) is 5.70 Å². The van der Waals surface area contributed by atoms with Gasteiger partial charge in [-0.25, -0.2) is 0 Å². The number of allylic oxidation sites excluding steroid dienone is 1. The van der Waals surface area contributed by atoms with Gasteiger partial charge in [0, 0.05) is 6.04 Å². The Morgan fingerprint density at radius 3 is 3.25 bits per heavy atom. The van der Waals surface area contributed by atoms with E-state index >= 15 is 0 Å². The highest BCUT2D eigenvalue weighted by Crippen LogP contribution is 2.29. The monoisotopic (exact) mass is 168 g/mol. The predicted octanol–water partition coefficient (Wildman–Crippen LogP) is 0.919. The molecule has 2 rings (SSSR count). The first-order valence-electron chi connectivity index (χ1n) is 4.34. The number of hydrogen-bond donors (Lipinski definition) is 1. The van der Waals surface area contributed by atoms with Crippen molar-refractivity contribution in [3.63, 3.8) is 0 Å². The van der Waals surface area contributed by atoms with Crippen LogP contribution in [-0.4, -0.2) is 17.5 Å². The molecule has 1 saturated heterocycles. The smallest absolute Gasteiger partial charge is 0.243 e. The zero-order chi connectivity index (χ0) is 8.55. The number of nitro groups is 1. The van der Waals surface area contributed by atoms with Gasteiger partial charge >= 0.3 is 0 Å². The van der Waals surface area contributed by atoms with Gasteiger partial charge < -0.3 is 5.32 Å². The second kappa shape index (κ2) is 2.86. The van der Waals surface area contributed by atoms with Crippen molar-refractivity contribution in [1.82, 2.24) is 5.32 Å². The first-order chi connectivity index (χ1) is 5.77. The van der Waals surface area contributed by atoms with Crippen molar-refractivity contribution in [3.8, 4) is 0 Å². The standard InChI is InChI=1S/C8H12N2O2/c11-10(12)7-2-1-6-3-4-9-8(6)5-7/h2,6,8-9H,1,3-5H2. The Hall–Kier alpha value is -0.900. The van der Waals surface area contributed by atoms with Crippen LogP contribution in [-0.2, 0) is 0 Å². The second-order valence-electron chi connectivity index (χ2n) is 3.50. The van der Waals surface area contributed by atoms with Gasteiger partial charge in [0.15, 0.2) is 0 Å². The molecule has 0 spiro atoms. The van der Waals surface area contributed by atoms with Gasteiger partial charge in [-0.1, -0.05) is 0 Å². The summed E-state index contributed by atoms with van der Waals surface area (Å²) >= 11 is 0. The van der Waals surface area contributed by atoms with Crippen molar-refractivity contribution in [3.05, 3.63) is 21.9 Å². The van der Waals surface area contributed by atoms with E-state index in [1.54, 1.807) is 6.08 Å². The lowest BCUT2D eigenvalue weighted by atomic mass is 9.88. The van der Waals surface area contributed by atoms with Gasteiger partial charge in [-0.2, -0.15) is 0 Å². The van der Waals surface area contributed by atoms with Crippen LogP contribution in [0.25, 0.3) is 0 Å². The summed E-state index contributed by atoms with van der Waals surface area (Å²) in [6.45, 7) is 1.02. The first-order valence-corrected chi connectivity index (χ1v) is 4.34. The largest absolute Gasteiger partial charge is 0.313 e. The number of fused-ring (bicyclic) bond motifs is 1. The van der Waals surface area contributed by atoms with Crippen LogP contribution in [0.2, 0.25) is 0 Å². The molecule has 0 saturated carbocycles. The summed E-state index contributed by atoms with van der Waals surface area (Å²) in [7, 11) is 0. The molecule has 0 aromatic heterocycles. The maximum Gasteiger partial charge on any atom is 0.243 e. The average Bonchev–Trinajstić information content (AvgIpc) is 2.49. The molecule has 1 aliphatic carbocycles. The third kappa shape index (κ3) is 1.22. The molecule has 0 aromatic rings. The molecule has 2 aliphatic rings. The van der Waals surface area contributed by atoms with Crippen molar-refractivity contribution in [2.24, 2.45) is 5.92 Å².